The predicted octanol–water partition coefficient (Wildman–Crippen LogP) is -0.0440. The van der Waals surface area contributed by atoms with E-state index in [4.69, 9.17) is 5.84 Å². The van der Waals surface area contributed by atoms with Crippen molar-refractivity contribution in [1.29, 1.82) is 0 Å². The first-order chi connectivity index (χ1) is 5.57. The van der Waals surface area contributed by atoms with Crippen molar-refractivity contribution in [2.45, 2.75) is 20.8 Å². The highest BCUT2D eigenvalue weighted by Crippen LogP contribution is 2.06. The summed E-state index contributed by atoms with van der Waals surface area (Å²) in [5.74, 6) is 5.96. The van der Waals surface area contributed by atoms with Crippen LogP contribution in [0.5, 0.6) is 0 Å². The van der Waals surface area contributed by atoms with E-state index in [9.17, 15) is 4.79 Å². The number of nitrogens with two attached hydrogens (primary N) is 1. The van der Waals surface area contributed by atoms with Gasteiger partial charge in [-0.3, -0.25) is 10.9 Å². The number of carbonyl (C=O) groups excluding carboxylic acids is 1. The van der Waals surface area contributed by atoms with E-state index in [0.717, 1.165) is 6.54 Å². The second kappa shape index (κ2) is 5.79. The molecule has 5 N–H and O–H groups in total. The van der Waals surface area contributed by atoms with Gasteiger partial charge in [-0.2, -0.15) is 0 Å². The van der Waals surface area contributed by atoms with Gasteiger partial charge in [-0.1, -0.05) is 20.8 Å². The molecule has 0 heterocycles. The molecule has 0 radical (unpaired) electrons. The average molecular weight is 174 g/mol. The van der Waals surface area contributed by atoms with Crippen LogP contribution in [0.2, 0.25) is 0 Å². The number of urea groups is 1. The van der Waals surface area contributed by atoms with Gasteiger partial charge in [0.1, 0.15) is 0 Å². The highest BCUT2D eigenvalue weighted by Gasteiger charge is 2.06. The zero-order valence-electron chi connectivity index (χ0n) is 7.85. The molecule has 0 aromatic rings. The molecule has 0 fully saturated rings. The quantitative estimate of drug-likeness (QED) is 0.274. The molecule has 0 bridgehead atoms. The molecular weight excluding hydrogens is 156 g/mol. The molecule has 1 unspecified atom stereocenters. The molecule has 5 heteroatoms. The van der Waals surface area contributed by atoms with Gasteiger partial charge in [0, 0.05) is 6.54 Å². The Balaban J connectivity index is 3.37. The fourth-order valence-corrected chi connectivity index (χ4v) is 0.564. The van der Waals surface area contributed by atoms with Crippen molar-refractivity contribution in [2.75, 3.05) is 6.54 Å². The van der Waals surface area contributed by atoms with Gasteiger partial charge in [0.25, 0.3) is 0 Å². The van der Waals surface area contributed by atoms with Gasteiger partial charge in [-0.15, -0.1) is 0 Å². The number of amides is 2. The van der Waals surface area contributed by atoms with Crippen molar-refractivity contribution in [2.24, 2.45) is 17.7 Å². The lowest BCUT2D eigenvalue weighted by atomic mass is 9.99. The fraction of sp³-hybridized carbons (Fsp3) is 0.857. The van der Waals surface area contributed by atoms with Crippen LogP contribution in [0.4, 0.5) is 4.79 Å². The molecule has 0 saturated heterocycles. The van der Waals surface area contributed by atoms with Crippen LogP contribution in [-0.2, 0) is 0 Å². The van der Waals surface area contributed by atoms with E-state index >= 15 is 0 Å². The van der Waals surface area contributed by atoms with E-state index in [1.165, 1.54) is 0 Å². The molecule has 0 aromatic carbocycles. The Hall–Kier alpha value is -0.810. The third kappa shape index (κ3) is 4.92. The maximum Gasteiger partial charge on any atom is 0.343 e. The van der Waals surface area contributed by atoms with Crippen LogP contribution in [0.15, 0.2) is 0 Å². The summed E-state index contributed by atoms with van der Waals surface area (Å²) >= 11 is 0. The van der Waals surface area contributed by atoms with E-state index in [1.54, 1.807) is 0 Å². The first-order valence-corrected chi connectivity index (χ1v) is 4.07. The van der Waals surface area contributed by atoms with E-state index in [2.05, 4.69) is 31.6 Å². The normalized spacial score (nSPS) is 12.8. The van der Waals surface area contributed by atoms with E-state index in [1.807, 2.05) is 5.43 Å². The molecule has 0 spiro atoms. The third-order valence-electron chi connectivity index (χ3n) is 1.90. The van der Waals surface area contributed by atoms with Crippen LogP contribution < -0.4 is 22.1 Å². The van der Waals surface area contributed by atoms with E-state index in [0.29, 0.717) is 11.8 Å². The molecule has 0 aromatic heterocycles. The highest BCUT2D eigenvalue weighted by molar-refractivity contribution is 5.72. The third-order valence-corrected chi connectivity index (χ3v) is 1.90. The molecule has 2 amide bonds. The number of rotatable bonds is 4. The summed E-state index contributed by atoms with van der Waals surface area (Å²) in [5, 5.41) is 0. The Labute approximate surface area is 73.0 Å². The van der Waals surface area contributed by atoms with Crippen LogP contribution in [0.3, 0.4) is 0 Å². The number of nitrogens with one attached hydrogen (secondary N) is 3. The van der Waals surface area contributed by atoms with Crippen molar-refractivity contribution >= 4 is 6.03 Å². The minimum Gasteiger partial charge on any atom is -0.275 e. The predicted molar refractivity (Wildman–Crippen MR) is 47.9 cm³/mol. The maximum atomic E-state index is 10.6. The standard InChI is InChI=1S/C7H18N4O/c1-5(2)6(3)4-9-11-7(12)10-8/h5-6,9H,4,8H2,1-3H3,(H2,10,11,12). The molecule has 5 nitrogen and oxygen atoms in total. The van der Waals surface area contributed by atoms with Gasteiger partial charge in [-0.25, -0.2) is 16.1 Å². The van der Waals surface area contributed by atoms with Crippen LogP contribution in [0, 0.1) is 11.8 Å². The van der Waals surface area contributed by atoms with Crippen LogP contribution in [0.25, 0.3) is 0 Å². The molecule has 0 aliphatic carbocycles. The molecular formula is C7H18N4O. The number of hydrogen-bond donors (Lipinski definition) is 4. The average Bonchev–Trinajstić information content (AvgIpc) is 2.03. The number of hydrogen-bond acceptors (Lipinski definition) is 3. The zero-order chi connectivity index (χ0) is 9.56. The van der Waals surface area contributed by atoms with Gasteiger partial charge in [0.15, 0.2) is 0 Å². The van der Waals surface area contributed by atoms with Gasteiger partial charge >= 0.3 is 6.03 Å². The van der Waals surface area contributed by atoms with Gasteiger partial charge in [0.2, 0.25) is 0 Å². The molecule has 72 valence electrons. The minimum atomic E-state index is -0.425. The lowest BCUT2D eigenvalue weighted by Gasteiger charge is -2.16. The van der Waals surface area contributed by atoms with Gasteiger partial charge < -0.3 is 0 Å². The monoisotopic (exact) mass is 174 g/mol. The molecule has 1 atom stereocenters. The summed E-state index contributed by atoms with van der Waals surface area (Å²) in [7, 11) is 0. The fourth-order valence-electron chi connectivity index (χ4n) is 0.564. The molecule has 12 heavy (non-hydrogen) atoms. The number of hydrazine groups is 2. The maximum absolute atomic E-state index is 10.6. The summed E-state index contributed by atoms with van der Waals surface area (Å²) < 4.78 is 0. The SMILES string of the molecule is CC(C)C(C)CNNC(=O)NN. The Morgan fingerprint density at radius 3 is 2.42 bits per heavy atom. The summed E-state index contributed by atoms with van der Waals surface area (Å²) in [6, 6.07) is -0.425. The summed E-state index contributed by atoms with van der Waals surface area (Å²) in [5.41, 5.74) is 7.12. The van der Waals surface area contributed by atoms with E-state index < -0.39 is 6.03 Å². The Bertz CT molecular complexity index is 137. The van der Waals surface area contributed by atoms with Crippen LogP contribution in [0.1, 0.15) is 20.8 Å². The Morgan fingerprint density at radius 1 is 1.42 bits per heavy atom. The Morgan fingerprint density at radius 2 is 2.00 bits per heavy atom. The van der Waals surface area contributed by atoms with Crippen LogP contribution in [-0.4, -0.2) is 12.6 Å². The first-order valence-electron chi connectivity index (χ1n) is 4.07. The lowest BCUT2D eigenvalue weighted by Crippen LogP contribution is -2.48. The van der Waals surface area contributed by atoms with Gasteiger partial charge in [0.05, 0.1) is 0 Å². The first kappa shape index (κ1) is 11.2. The summed E-state index contributed by atoms with van der Waals surface area (Å²) in [6.45, 7) is 7.12. The Kier molecular flexibility index (Phi) is 5.40. The largest absolute Gasteiger partial charge is 0.343 e. The van der Waals surface area contributed by atoms with Crippen molar-refractivity contribution in [3.05, 3.63) is 0 Å². The molecule has 0 saturated carbocycles. The summed E-state index contributed by atoms with van der Waals surface area (Å²) in [6.07, 6.45) is 0. The topological polar surface area (TPSA) is 79.2 Å². The van der Waals surface area contributed by atoms with Crippen molar-refractivity contribution in [3.63, 3.8) is 0 Å². The minimum absolute atomic E-state index is 0.425. The smallest absolute Gasteiger partial charge is 0.275 e. The van der Waals surface area contributed by atoms with Crippen molar-refractivity contribution in [3.8, 4) is 0 Å². The zero-order valence-corrected chi connectivity index (χ0v) is 7.85. The van der Waals surface area contributed by atoms with Crippen molar-refractivity contribution < 1.29 is 4.79 Å². The van der Waals surface area contributed by atoms with Gasteiger partial charge in [-0.05, 0) is 11.8 Å². The summed E-state index contributed by atoms with van der Waals surface area (Å²) in [4.78, 5) is 10.6. The second-order valence-corrected chi connectivity index (χ2v) is 3.20. The highest BCUT2D eigenvalue weighted by atomic mass is 16.2. The lowest BCUT2D eigenvalue weighted by molar-refractivity contribution is 0.234. The molecule has 0 rings (SSSR count). The van der Waals surface area contributed by atoms with Crippen molar-refractivity contribution in [1.82, 2.24) is 16.3 Å². The second-order valence-electron chi connectivity index (χ2n) is 3.20. The number of carbonyl (C=O) groups is 1. The molecule has 0 aliphatic heterocycles. The van der Waals surface area contributed by atoms with E-state index in [-0.39, 0.29) is 0 Å². The van der Waals surface area contributed by atoms with Crippen LogP contribution >= 0.6 is 0 Å². The molecule has 0 aliphatic rings.